The summed E-state index contributed by atoms with van der Waals surface area (Å²) in [4.78, 5) is 9.79. The zero-order valence-corrected chi connectivity index (χ0v) is 4.10. The molecule has 3 radical (unpaired) electrons. The van der Waals surface area contributed by atoms with Crippen LogP contribution in [0.5, 0.6) is 0 Å². The molecule has 0 unspecified atom stereocenters. The van der Waals surface area contributed by atoms with Crippen molar-refractivity contribution < 1.29 is 9.22 Å². The first-order valence-electron chi connectivity index (χ1n) is 1.31. The van der Waals surface area contributed by atoms with Crippen molar-refractivity contribution in [1.29, 1.82) is 0 Å². The molecule has 0 spiro atoms. The van der Waals surface area contributed by atoms with Crippen LogP contribution in [0.25, 0.3) is 0 Å². The molecule has 0 aromatic carbocycles. The quantitative estimate of drug-likeness (QED) is 0.336. The third kappa shape index (κ3) is 1.72. The third-order valence-electron chi connectivity index (χ3n) is 0.267. The van der Waals surface area contributed by atoms with Crippen molar-refractivity contribution in [3.05, 3.63) is 12.7 Å². The van der Waals surface area contributed by atoms with Crippen LogP contribution in [0, 0.1) is 0 Å². The van der Waals surface area contributed by atoms with E-state index in [9.17, 15) is 4.79 Å². The molecule has 31 valence electrons. The summed E-state index contributed by atoms with van der Waals surface area (Å²) in [6.07, 6.45) is 1.06. The Morgan fingerprint density at radius 2 is 2.50 bits per heavy atom. The highest BCUT2D eigenvalue weighted by Crippen LogP contribution is 1.66. The van der Waals surface area contributed by atoms with Gasteiger partial charge in [0.25, 0.3) is 0 Å². The SMILES string of the molecule is C=CC(=O)O[Si]. The Morgan fingerprint density at radius 3 is 2.50 bits per heavy atom. The molecule has 0 atom stereocenters. The summed E-state index contributed by atoms with van der Waals surface area (Å²) in [7, 11) is 2.50. The molecule has 0 fully saturated rings. The Balaban J connectivity index is 3.23. The topological polar surface area (TPSA) is 26.3 Å². The summed E-state index contributed by atoms with van der Waals surface area (Å²) in [5, 5.41) is 0. The summed E-state index contributed by atoms with van der Waals surface area (Å²) < 4.78 is 3.95. The normalized spacial score (nSPS) is 6.83. The predicted octanol–water partition coefficient (Wildman–Crippen LogP) is -0.201. The van der Waals surface area contributed by atoms with Crippen LogP contribution >= 0.6 is 0 Å². The maximum atomic E-state index is 9.79. The highest BCUT2D eigenvalue weighted by Gasteiger charge is 1.82. The van der Waals surface area contributed by atoms with Gasteiger partial charge in [-0.05, 0) is 0 Å². The number of carbonyl (C=O) groups excluding carboxylic acids is 1. The monoisotopic (exact) mass is 99.0 g/mol. The van der Waals surface area contributed by atoms with Gasteiger partial charge in [0.05, 0.1) is 0 Å². The van der Waals surface area contributed by atoms with Crippen molar-refractivity contribution in [3.8, 4) is 0 Å². The third-order valence-corrected chi connectivity index (χ3v) is 0.468. The van der Waals surface area contributed by atoms with Crippen molar-refractivity contribution in [1.82, 2.24) is 0 Å². The van der Waals surface area contributed by atoms with Gasteiger partial charge in [-0.2, -0.15) is 0 Å². The maximum Gasteiger partial charge on any atom is 0.345 e. The van der Waals surface area contributed by atoms with E-state index < -0.39 is 5.97 Å². The molecule has 6 heavy (non-hydrogen) atoms. The lowest BCUT2D eigenvalue weighted by molar-refractivity contribution is -0.128. The van der Waals surface area contributed by atoms with E-state index in [0.29, 0.717) is 0 Å². The maximum absolute atomic E-state index is 9.79. The molecule has 0 aliphatic heterocycles. The molecular weight excluding hydrogens is 96.1 g/mol. The number of carbonyl (C=O) groups is 1. The van der Waals surface area contributed by atoms with Gasteiger partial charge in [-0.3, -0.25) is 0 Å². The van der Waals surface area contributed by atoms with E-state index in [4.69, 9.17) is 0 Å². The van der Waals surface area contributed by atoms with Gasteiger partial charge in [-0.25, -0.2) is 4.79 Å². The van der Waals surface area contributed by atoms with Gasteiger partial charge in [0.1, 0.15) is 0 Å². The summed E-state index contributed by atoms with van der Waals surface area (Å²) in [6.45, 7) is 3.13. The first-order valence-corrected chi connectivity index (χ1v) is 1.72. The highest BCUT2D eigenvalue weighted by atomic mass is 28.2. The summed E-state index contributed by atoms with van der Waals surface area (Å²) in [6, 6.07) is 0. The van der Waals surface area contributed by atoms with Gasteiger partial charge >= 0.3 is 16.5 Å². The lowest BCUT2D eigenvalue weighted by Gasteiger charge is -1.82. The molecule has 2 nitrogen and oxygen atoms in total. The molecule has 0 aliphatic carbocycles. The molecular formula is C3H3O2Si. The summed E-state index contributed by atoms with van der Waals surface area (Å²) in [5.74, 6) is -0.480. The Kier molecular flexibility index (Phi) is 2.40. The molecule has 3 heteroatoms. The molecule has 0 aromatic heterocycles. The molecule has 0 aliphatic rings. The lowest BCUT2D eigenvalue weighted by atomic mass is 10.7. The molecule has 0 saturated heterocycles. The highest BCUT2D eigenvalue weighted by molar-refractivity contribution is 6.07. The second-order valence-electron chi connectivity index (χ2n) is 0.625. The predicted molar refractivity (Wildman–Crippen MR) is 22.0 cm³/mol. The average molecular weight is 99.1 g/mol. The Morgan fingerprint density at radius 1 is 2.00 bits per heavy atom. The second-order valence-corrected chi connectivity index (χ2v) is 0.829. The van der Waals surface area contributed by atoms with Crippen molar-refractivity contribution in [3.63, 3.8) is 0 Å². The van der Waals surface area contributed by atoms with Crippen LogP contribution in [0.4, 0.5) is 0 Å². The second kappa shape index (κ2) is 2.65. The van der Waals surface area contributed by atoms with E-state index in [0.717, 1.165) is 6.08 Å². The minimum atomic E-state index is -0.480. The van der Waals surface area contributed by atoms with Gasteiger partial charge < -0.3 is 4.43 Å². The van der Waals surface area contributed by atoms with E-state index in [2.05, 4.69) is 21.5 Å². The fraction of sp³-hybridized carbons (Fsp3) is 0. The standard InChI is InChI=1S/C3H3O2Si/c1-2-3(4)5-6/h2H,1H2. The van der Waals surface area contributed by atoms with Gasteiger partial charge in [-0.15, -0.1) is 0 Å². The molecule has 0 aromatic rings. The Bertz CT molecular complexity index is 69.2. The summed E-state index contributed by atoms with van der Waals surface area (Å²) in [5.41, 5.74) is 0. The number of hydrogen-bond donors (Lipinski definition) is 0. The minimum Gasteiger partial charge on any atom is -0.513 e. The first kappa shape index (κ1) is 5.43. The van der Waals surface area contributed by atoms with E-state index in [1.165, 1.54) is 0 Å². The Labute approximate surface area is 39.3 Å². The average Bonchev–Trinajstić information content (AvgIpc) is 1.65. The molecule has 0 N–H and O–H groups in total. The van der Waals surface area contributed by atoms with Gasteiger partial charge in [0.2, 0.25) is 0 Å². The van der Waals surface area contributed by atoms with E-state index in [1.54, 1.807) is 0 Å². The van der Waals surface area contributed by atoms with E-state index >= 15 is 0 Å². The minimum absolute atomic E-state index is 0.480. The van der Waals surface area contributed by atoms with E-state index in [1.807, 2.05) is 0 Å². The van der Waals surface area contributed by atoms with Crippen LogP contribution < -0.4 is 0 Å². The molecule has 0 bridgehead atoms. The van der Waals surface area contributed by atoms with Crippen molar-refractivity contribution in [2.45, 2.75) is 0 Å². The van der Waals surface area contributed by atoms with E-state index in [-0.39, 0.29) is 0 Å². The van der Waals surface area contributed by atoms with Gasteiger partial charge in [0.15, 0.2) is 0 Å². The van der Waals surface area contributed by atoms with Crippen LogP contribution in [0.3, 0.4) is 0 Å². The fourth-order valence-electron chi connectivity index (χ4n) is 0.0417. The summed E-state index contributed by atoms with van der Waals surface area (Å²) >= 11 is 0. The Hall–Kier alpha value is -0.573. The fourth-order valence-corrected chi connectivity index (χ4v) is 0.125. The zero-order valence-electron chi connectivity index (χ0n) is 3.10. The first-order chi connectivity index (χ1) is 2.81. The van der Waals surface area contributed by atoms with Crippen LogP contribution in [0.1, 0.15) is 0 Å². The zero-order chi connectivity index (χ0) is 4.99. The number of hydrogen-bond acceptors (Lipinski definition) is 2. The van der Waals surface area contributed by atoms with Crippen molar-refractivity contribution in [2.24, 2.45) is 0 Å². The largest absolute Gasteiger partial charge is 0.513 e. The molecule has 0 amide bonds. The number of rotatable bonds is 1. The van der Waals surface area contributed by atoms with Gasteiger partial charge in [-0.1, -0.05) is 6.58 Å². The molecule has 0 heterocycles. The van der Waals surface area contributed by atoms with Crippen LogP contribution in [0.15, 0.2) is 12.7 Å². The van der Waals surface area contributed by atoms with Crippen LogP contribution in [-0.2, 0) is 9.22 Å². The molecule has 0 rings (SSSR count). The lowest BCUT2D eigenvalue weighted by Crippen LogP contribution is -1.93. The smallest absolute Gasteiger partial charge is 0.345 e. The van der Waals surface area contributed by atoms with Crippen LogP contribution in [0.2, 0.25) is 0 Å². The van der Waals surface area contributed by atoms with Crippen molar-refractivity contribution >= 4 is 16.5 Å². The molecule has 0 saturated carbocycles. The van der Waals surface area contributed by atoms with Crippen LogP contribution in [-0.4, -0.2) is 16.5 Å². The van der Waals surface area contributed by atoms with Crippen molar-refractivity contribution in [2.75, 3.05) is 0 Å². The van der Waals surface area contributed by atoms with Gasteiger partial charge in [0, 0.05) is 6.08 Å².